The van der Waals surface area contributed by atoms with Crippen LogP contribution >= 0.6 is 0 Å². The van der Waals surface area contributed by atoms with Gasteiger partial charge in [-0.2, -0.15) is 0 Å². The van der Waals surface area contributed by atoms with E-state index in [1.54, 1.807) is 18.2 Å². The minimum Gasteiger partial charge on any atom is -0.457 e. The molecule has 2 fully saturated rings. The number of nitrogens with one attached hydrogen (secondary N) is 2. The Labute approximate surface area is 179 Å². The monoisotopic (exact) mass is 427 g/mol. The normalized spacial score (nSPS) is 19.6. The van der Waals surface area contributed by atoms with Crippen LogP contribution < -0.4 is 10.6 Å². The number of aryl methyl sites for hydroxylation is 1. The molecule has 4 amide bonds. The highest BCUT2D eigenvalue weighted by Gasteiger charge is 2.51. The SMILES string of the molecule is O=C1CCc2cc(C(=O)COC(=O)CCN3C(=O)NC4(CCCCC4)C3=O)ccc2N1. The average molecular weight is 427 g/mol. The van der Waals surface area contributed by atoms with Gasteiger partial charge in [-0.25, -0.2) is 4.79 Å². The average Bonchev–Trinajstić information content (AvgIpc) is 2.99. The Kier molecular flexibility index (Phi) is 5.75. The summed E-state index contributed by atoms with van der Waals surface area (Å²) in [5.74, 6) is -1.34. The van der Waals surface area contributed by atoms with Crippen LogP contribution in [0.15, 0.2) is 18.2 Å². The van der Waals surface area contributed by atoms with E-state index in [2.05, 4.69) is 10.6 Å². The Morgan fingerprint density at radius 2 is 1.84 bits per heavy atom. The van der Waals surface area contributed by atoms with Crippen LogP contribution in [0, 0.1) is 0 Å². The standard InChI is InChI=1S/C22H25N3O6/c26-17(15-4-6-16-14(12-15)5-7-18(27)23-16)13-31-19(28)8-11-25-20(29)22(24-21(25)30)9-2-1-3-10-22/h4,6,12H,1-3,5,7-11,13H2,(H,23,27)(H,24,30). The first-order chi connectivity index (χ1) is 14.9. The summed E-state index contributed by atoms with van der Waals surface area (Å²) in [6.07, 6.45) is 4.81. The van der Waals surface area contributed by atoms with Crippen LogP contribution in [0.3, 0.4) is 0 Å². The van der Waals surface area contributed by atoms with Crippen molar-refractivity contribution < 1.29 is 28.7 Å². The molecule has 1 spiro atoms. The Morgan fingerprint density at radius 1 is 1.06 bits per heavy atom. The van der Waals surface area contributed by atoms with Gasteiger partial charge in [0.2, 0.25) is 5.91 Å². The van der Waals surface area contributed by atoms with Gasteiger partial charge in [0.1, 0.15) is 5.54 Å². The number of anilines is 1. The van der Waals surface area contributed by atoms with E-state index in [1.807, 2.05) is 0 Å². The molecular formula is C22H25N3O6. The molecule has 1 saturated carbocycles. The summed E-state index contributed by atoms with van der Waals surface area (Å²) in [7, 11) is 0. The topological polar surface area (TPSA) is 122 Å². The molecule has 0 aromatic heterocycles. The molecule has 1 saturated heterocycles. The number of ether oxygens (including phenoxy) is 1. The first-order valence-corrected chi connectivity index (χ1v) is 10.6. The number of hydrogen-bond acceptors (Lipinski definition) is 6. The van der Waals surface area contributed by atoms with Crippen LogP contribution in [-0.4, -0.2) is 53.2 Å². The van der Waals surface area contributed by atoms with Gasteiger partial charge in [0.15, 0.2) is 12.4 Å². The van der Waals surface area contributed by atoms with Crippen LogP contribution in [0.1, 0.15) is 60.9 Å². The maximum absolute atomic E-state index is 12.7. The Hall–Kier alpha value is -3.23. The predicted octanol–water partition coefficient (Wildman–Crippen LogP) is 1.94. The van der Waals surface area contributed by atoms with Gasteiger partial charge in [0.05, 0.1) is 6.42 Å². The van der Waals surface area contributed by atoms with Crippen LogP contribution in [0.4, 0.5) is 10.5 Å². The maximum Gasteiger partial charge on any atom is 0.325 e. The number of Topliss-reactive ketones (excluding diaryl/α,β-unsaturated/α-hetero) is 1. The van der Waals surface area contributed by atoms with Crippen molar-refractivity contribution in [3.05, 3.63) is 29.3 Å². The van der Waals surface area contributed by atoms with E-state index in [4.69, 9.17) is 4.74 Å². The summed E-state index contributed by atoms with van der Waals surface area (Å²) in [5, 5.41) is 5.55. The van der Waals surface area contributed by atoms with Crippen LogP contribution in [0.2, 0.25) is 0 Å². The maximum atomic E-state index is 12.7. The molecular weight excluding hydrogens is 402 g/mol. The third-order valence-electron chi connectivity index (χ3n) is 6.18. The van der Waals surface area contributed by atoms with Crippen molar-refractivity contribution in [1.29, 1.82) is 0 Å². The first-order valence-electron chi connectivity index (χ1n) is 10.6. The third-order valence-corrected chi connectivity index (χ3v) is 6.18. The first kappa shape index (κ1) is 21.0. The predicted molar refractivity (Wildman–Crippen MR) is 109 cm³/mol. The van der Waals surface area contributed by atoms with Crippen molar-refractivity contribution in [2.75, 3.05) is 18.5 Å². The van der Waals surface area contributed by atoms with Crippen molar-refractivity contribution >= 4 is 35.3 Å². The van der Waals surface area contributed by atoms with E-state index in [9.17, 15) is 24.0 Å². The second-order valence-electron chi connectivity index (χ2n) is 8.28. The third kappa shape index (κ3) is 4.30. The van der Waals surface area contributed by atoms with E-state index >= 15 is 0 Å². The van der Waals surface area contributed by atoms with Crippen LogP contribution in [0.5, 0.6) is 0 Å². The molecule has 0 unspecified atom stereocenters. The van der Waals surface area contributed by atoms with E-state index in [-0.39, 0.29) is 30.6 Å². The minimum absolute atomic E-state index is 0.0555. The molecule has 0 bridgehead atoms. The van der Waals surface area contributed by atoms with Gasteiger partial charge in [-0.3, -0.25) is 24.1 Å². The zero-order chi connectivity index (χ0) is 22.0. The number of benzene rings is 1. The van der Waals surface area contributed by atoms with Crippen LogP contribution in [-0.2, 0) is 25.5 Å². The molecule has 2 heterocycles. The smallest absolute Gasteiger partial charge is 0.325 e. The van der Waals surface area contributed by atoms with Crippen molar-refractivity contribution in [1.82, 2.24) is 10.2 Å². The van der Waals surface area contributed by atoms with Gasteiger partial charge in [0, 0.05) is 24.2 Å². The molecule has 0 atom stereocenters. The number of carbonyl (C=O) groups excluding carboxylic acids is 5. The number of hydrogen-bond donors (Lipinski definition) is 2. The zero-order valence-electron chi connectivity index (χ0n) is 17.2. The molecule has 31 heavy (non-hydrogen) atoms. The van der Waals surface area contributed by atoms with Gasteiger partial charge in [0.25, 0.3) is 5.91 Å². The quantitative estimate of drug-likeness (QED) is 0.406. The molecule has 2 aliphatic heterocycles. The number of urea groups is 1. The van der Waals surface area contributed by atoms with Crippen molar-refractivity contribution in [2.45, 2.75) is 56.9 Å². The molecule has 1 aromatic carbocycles. The fourth-order valence-electron chi connectivity index (χ4n) is 4.43. The second kappa shape index (κ2) is 8.49. The fourth-order valence-corrected chi connectivity index (χ4v) is 4.43. The van der Waals surface area contributed by atoms with E-state index < -0.39 is 24.1 Å². The number of amides is 4. The minimum atomic E-state index is -0.818. The van der Waals surface area contributed by atoms with Gasteiger partial charge in [-0.1, -0.05) is 19.3 Å². The number of ketones is 1. The molecule has 9 heteroatoms. The summed E-state index contributed by atoms with van der Waals surface area (Å²) in [6, 6.07) is 4.47. The van der Waals surface area contributed by atoms with Gasteiger partial charge in [-0.15, -0.1) is 0 Å². The number of rotatable bonds is 6. The van der Waals surface area contributed by atoms with Crippen LogP contribution in [0.25, 0.3) is 0 Å². The number of nitrogens with zero attached hydrogens (tertiary/aromatic N) is 1. The van der Waals surface area contributed by atoms with Gasteiger partial charge >= 0.3 is 12.0 Å². The highest BCUT2D eigenvalue weighted by molar-refractivity contribution is 6.07. The molecule has 1 aliphatic carbocycles. The highest BCUT2D eigenvalue weighted by atomic mass is 16.5. The van der Waals surface area contributed by atoms with Gasteiger partial charge in [-0.05, 0) is 43.0 Å². The van der Waals surface area contributed by atoms with E-state index in [0.717, 1.165) is 29.7 Å². The van der Waals surface area contributed by atoms with E-state index in [1.165, 1.54) is 0 Å². The van der Waals surface area contributed by atoms with E-state index in [0.29, 0.717) is 36.9 Å². The Balaban J connectivity index is 1.27. The molecule has 2 N–H and O–H groups in total. The molecule has 9 nitrogen and oxygen atoms in total. The summed E-state index contributed by atoms with van der Waals surface area (Å²) in [5.41, 5.74) is 1.14. The largest absolute Gasteiger partial charge is 0.457 e. The lowest BCUT2D eigenvalue weighted by Crippen LogP contribution is -2.48. The summed E-state index contributed by atoms with van der Waals surface area (Å²) in [6.45, 7) is -0.494. The lowest BCUT2D eigenvalue weighted by Gasteiger charge is -2.30. The zero-order valence-corrected chi connectivity index (χ0v) is 17.2. The highest BCUT2D eigenvalue weighted by Crippen LogP contribution is 2.33. The molecule has 0 radical (unpaired) electrons. The molecule has 3 aliphatic rings. The lowest BCUT2D eigenvalue weighted by atomic mass is 9.82. The van der Waals surface area contributed by atoms with Crippen molar-refractivity contribution in [2.24, 2.45) is 0 Å². The Bertz CT molecular complexity index is 951. The lowest BCUT2D eigenvalue weighted by molar-refractivity contribution is -0.143. The van der Waals surface area contributed by atoms with Gasteiger partial charge < -0.3 is 15.4 Å². The fraction of sp³-hybridized carbons (Fsp3) is 0.500. The summed E-state index contributed by atoms with van der Waals surface area (Å²) >= 11 is 0. The molecule has 4 rings (SSSR count). The second-order valence-corrected chi connectivity index (χ2v) is 8.28. The number of esters is 1. The van der Waals surface area contributed by atoms with Crippen molar-refractivity contribution in [3.8, 4) is 0 Å². The summed E-state index contributed by atoms with van der Waals surface area (Å²) in [4.78, 5) is 61.9. The van der Waals surface area contributed by atoms with Crippen molar-refractivity contribution in [3.63, 3.8) is 0 Å². The Morgan fingerprint density at radius 3 is 2.61 bits per heavy atom. The summed E-state index contributed by atoms with van der Waals surface area (Å²) < 4.78 is 5.06. The molecule has 1 aromatic rings. The number of imide groups is 1. The molecule has 164 valence electrons. The number of carbonyl (C=O) groups is 5. The number of fused-ring (bicyclic) bond motifs is 1.